The molecule has 0 fully saturated rings. The van der Waals surface area contributed by atoms with Crippen LogP contribution in [-0.2, 0) is 0 Å². The SMILES string of the molecule is CCCCCCCCCCCCC(CC)(CC)CN. The van der Waals surface area contributed by atoms with Gasteiger partial charge in [-0.15, -0.1) is 0 Å². The third-order valence-corrected chi connectivity index (χ3v) is 4.99. The van der Waals surface area contributed by atoms with Crippen molar-refractivity contribution in [2.75, 3.05) is 6.54 Å². The van der Waals surface area contributed by atoms with Gasteiger partial charge < -0.3 is 5.73 Å². The molecule has 0 heterocycles. The molecule has 0 amide bonds. The summed E-state index contributed by atoms with van der Waals surface area (Å²) in [7, 11) is 0. The number of unbranched alkanes of at least 4 members (excludes halogenated alkanes) is 9. The summed E-state index contributed by atoms with van der Waals surface area (Å²) in [6, 6.07) is 0. The lowest BCUT2D eigenvalue weighted by Gasteiger charge is -2.30. The average molecular weight is 270 g/mol. The minimum atomic E-state index is 0.445. The summed E-state index contributed by atoms with van der Waals surface area (Å²) in [6.45, 7) is 7.75. The summed E-state index contributed by atoms with van der Waals surface area (Å²) in [5.74, 6) is 0. The van der Waals surface area contributed by atoms with E-state index in [4.69, 9.17) is 5.73 Å². The Bertz CT molecular complexity index is 164. The fourth-order valence-electron chi connectivity index (χ4n) is 2.98. The molecule has 0 aliphatic heterocycles. The summed E-state index contributed by atoms with van der Waals surface area (Å²) < 4.78 is 0. The second-order valence-electron chi connectivity index (χ2n) is 6.34. The third-order valence-electron chi connectivity index (χ3n) is 4.99. The smallest absolute Gasteiger partial charge is 0.00207 e. The van der Waals surface area contributed by atoms with Gasteiger partial charge in [-0.3, -0.25) is 0 Å². The highest BCUT2D eigenvalue weighted by atomic mass is 14.6. The fraction of sp³-hybridized carbons (Fsp3) is 1.00. The molecule has 0 aromatic heterocycles. The molecule has 19 heavy (non-hydrogen) atoms. The summed E-state index contributed by atoms with van der Waals surface area (Å²) in [4.78, 5) is 0. The van der Waals surface area contributed by atoms with Crippen molar-refractivity contribution in [2.24, 2.45) is 11.1 Å². The molecule has 0 radical (unpaired) electrons. The fourth-order valence-corrected chi connectivity index (χ4v) is 2.98. The number of hydrogen-bond donors (Lipinski definition) is 1. The van der Waals surface area contributed by atoms with E-state index in [0.717, 1.165) is 6.54 Å². The molecule has 0 aliphatic rings. The van der Waals surface area contributed by atoms with Gasteiger partial charge in [0.2, 0.25) is 0 Å². The van der Waals surface area contributed by atoms with Crippen LogP contribution in [0.3, 0.4) is 0 Å². The van der Waals surface area contributed by atoms with E-state index in [1.807, 2.05) is 0 Å². The highest BCUT2D eigenvalue weighted by Crippen LogP contribution is 2.31. The summed E-state index contributed by atoms with van der Waals surface area (Å²) in [6.07, 6.45) is 18.1. The van der Waals surface area contributed by atoms with Crippen LogP contribution in [0.1, 0.15) is 104 Å². The Labute approximate surface area is 122 Å². The van der Waals surface area contributed by atoms with E-state index in [0.29, 0.717) is 5.41 Å². The van der Waals surface area contributed by atoms with Gasteiger partial charge in [-0.05, 0) is 31.2 Å². The Hall–Kier alpha value is -0.0400. The molecule has 0 aromatic carbocycles. The highest BCUT2D eigenvalue weighted by Gasteiger charge is 2.23. The van der Waals surface area contributed by atoms with Gasteiger partial charge in [-0.1, -0.05) is 85.0 Å². The number of hydrogen-bond acceptors (Lipinski definition) is 1. The molecule has 0 aliphatic carbocycles. The summed E-state index contributed by atoms with van der Waals surface area (Å²) >= 11 is 0. The molecular weight excluding hydrogens is 230 g/mol. The maximum absolute atomic E-state index is 5.95. The Balaban J connectivity index is 3.35. The Morgan fingerprint density at radius 3 is 1.42 bits per heavy atom. The summed E-state index contributed by atoms with van der Waals surface area (Å²) in [5.41, 5.74) is 6.39. The third kappa shape index (κ3) is 9.49. The zero-order valence-corrected chi connectivity index (χ0v) is 14.0. The van der Waals surface area contributed by atoms with Crippen molar-refractivity contribution < 1.29 is 0 Å². The van der Waals surface area contributed by atoms with Crippen molar-refractivity contribution in [2.45, 2.75) is 104 Å². The molecule has 1 heteroatoms. The highest BCUT2D eigenvalue weighted by molar-refractivity contribution is 4.77. The normalized spacial score (nSPS) is 12.0. The Kier molecular flexibility index (Phi) is 12.9. The first-order valence-electron chi connectivity index (χ1n) is 8.94. The molecule has 0 saturated carbocycles. The van der Waals surface area contributed by atoms with E-state index in [1.54, 1.807) is 0 Å². The van der Waals surface area contributed by atoms with Crippen LogP contribution in [0.15, 0.2) is 0 Å². The van der Waals surface area contributed by atoms with Crippen molar-refractivity contribution in [3.8, 4) is 0 Å². The van der Waals surface area contributed by atoms with Crippen LogP contribution in [0.25, 0.3) is 0 Å². The summed E-state index contributed by atoms with van der Waals surface area (Å²) in [5, 5.41) is 0. The van der Waals surface area contributed by atoms with Gasteiger partial charge in [-0.25, -0.2) is 0 Å². The second-order valence-corrected chi connectivity index (χ2v) is 6.34. The van der Waals surface area contributed by atoms with Gasteiger partial charge in [0, 0.05) is 0 Å². The van der Waals surface area contributed by atoms with Gasteiger partial charge in [0.25, 0.3) is 0 Å². The monoisotopic (exact) mass is 269 g/mol. The maximum Gasteiger partial charge on any atom is -0.00207 e. The van der Waals surface area contributed by atoms with E-state index < -0.39 is 0 Å². The van der Waals surface area contributed by atoms with Gasteiger partial charge in [0.1, 0.15) is 0 Å². The van der Waals surface area contributed by atoms with Crippen LogP contribution in [0.4, 0.5) is 0 Å². The second kappa shape index (κ2) is 13.0. The molecular formula is C18H39N. The average Bonchev–Trinajstić information content (AvgIpc) is 2.46. The van der Waals surface area contributed by atoms with Crippen LogP contribution in [-0.4, -0.2) is 6.54 Å². The van der Waals surface area contributed by atoms with Crippen molar-refractivity contribution in [3.63, 3.8) is 0 Å². The lowest BCUT2D eigenvalue weighted by atomic mass is 9.78. The predicted molar refractivity (Wildman–Crippen MR) is 88.5 cm³/mol. The number of nitrogens with two attached hydrogens (primary N) is 1. The topological polar surface area (TPSA) is 26.0 Å². The van der Waals surface area contributed by atoms with Crippen molar-refractivity contribution in [3.05, 3.63) is 0 Å². The molecule has 0 unspecified atom stereocenters. The minimum Gasteiger partial charge on any atom is -0.330 e. The molecule has 0 rings (SSSR count). The molecule has 0 atom stereocenters. The molecule has 1 nitrogen and oxygen atoms in total. The molecule has 2 N–H and O–H groups in total. The van der Waals surface area contributed by atoms with Gasteiger partial charge in [-0.2, -0.15) is 0 Å². The predicted octanol–water partition coefficient (Wildman–Crippen LogP) is 6.06. The van der Waals surface area contributed by atoms with E-state index in [9.17, 15) is 0 Å². The quantitative estimate of drug-likeness (QED) is 0.381. The van der Waals surface area contributed by atoms with Crippen LogP contribution < -0.4 is 5.73 Å². The molecule has 0 bridgehead atoms. The van der Waals surface area contributed by atoms with Gasteiger partial charge >= 0.3 is 0 Å². The van der Waals surface area contributed by atoms with Crippen LogP contribution in [0.2, 0.25) is 0 Å². The number of rotatable bonds is 14. The van der Waals surface area contributed by atoms with Crippen LogP contribution >= 0.6 is 0 Å². The van der Waals surface area contributed by atoms with Crippen molar-refractivity contribution in [1.82, 2.24) is 0 Å². The lowest BCUT2D eigenvalue weighted by Crippen LogP contribution is -2.29. The minimum absolute atomic E-state index is 0.445. The lowest BCUT2D eigenvalue weighted by molar-refractivity contribution is 0.240. The Morgan fingerprint density at radius 1 is 0.632 bits per heavy atom. The molecule has 0 aromatic rings. The Morgan fingerprint density at radius 2 is 1.05 bits per heavy atom. The van der Waals surface area contributed by atoms with E-state index in [1.165, 1.54) is 83.5 Å². The zero-order valence-electron chi connectivity index (χ0n) is 14.0. The van der Waals surface area contributed by atoms with Gasteiger partial charge in [0.05, 0.1) is 0 Å². The molecule has 0 spiro atoms. The molecule has 116 valence electrons. The van der Waals surface area contributed by atoms with E-state index in [-0.39, 0.29) is 0 Å². The molecule has 0 saturated heterocycles. The first-order chi connectivity index (χ1) is 9.24. The van der Waals surface area contributed by atoms with Gasteiger partial charge in [0.15, 0.2) is 0 Å². The van der Waals surface area contributed by atoms with E-state index in [2.05, 4.69) is 20.8 Å². The van der Waals surface area contributed by atoms with E-state index >= 15 is 0 Å². The van der Waals surface area contributed by atoms with Crippen LogP contribution in [0.5, 0.6) is 0 Å². The first-order valence-corrected chi connectivity index (χ1v) is 8.94. The zero-order chi connectivity index (χ0) is 14.4. The first kappa shape index (κ1) is 19.0. The largest absolute Gasteiger partial charge is 0.330 e. The van der Waals surface area contributed by atoms with Crippen LogP contribution in [0, 0.1) is 5.41 Å². The van der Waals surface area contributed by atoms with Crippen molar-refractivity contribution >= 4 is 0 Å². The standard InChI is InChI=1S/C18H39N/c1-4-7-8-9-10-11-12-13-14-15-16-18(5-2,6-3)17-19/h4-17,19H2,1-3H3. The van der Waals surface area contributed by atoms with Crippen molar-refractivity contribution in [1.29, 1.82) is 0 Å². The maximum atomic E-state index is 5.95.